The van der Waals surface area contributed by atoms with Crippen LogP contribution in [0.2, 0.25) is 0 Å². The van der Waals surface area contributed by atoms with Gasteiger partial charge in [-0.1, -0.05) is 38.1 Å². The van der Waals surface area contributed by atoms with Crippen LogP contribution >= 0.6 is 0 Å². The van der Waals surface area contributed by atoms with E-state index >= 15 is 0 Å². The van der Waals surface area contributed by atoms with Gasteiger partial charge >= 0.3 is 0 Å². The van der Waals surface area contributed by atoms with Gasteiger partial charge in [-0.2, -0.15) is 0 Å². The third kappa shape index (κ3) is 4.62. The first-order chi connectivity index (χ1) is 15.1. The molecule has 2 aromatic carbocycles. The molecule has 4 nitrogen and oxygen atoms in total. The third-order valence-corrected chi connectivity index (χ3v) is 6.95. The van der Waals surface area contributed by atoms with Crippen molar-refractivity contribution in [3.63, 3.8) is 0 Å². The van der Waals surface area contributed by atoms with Crippen molar-refractivity contribution >= 4 is 0 Å². The van der Waals surface area contributed by atoms with Crippen LogP contribution in [-0.4, -0.2) is 32.1 Å². The molecule has 0 bridgehead atoms. The molecular formula is C28H36O4. The lowest BCUT2D eigenvalue weighted by molar-refractivity contribution is -0.117. The zero-order chi connectivity index (χ0) is 23.6. The Labute approximate surface area is 191 Å². The van der Waals surface area contributed by atoms with Crippen molar-refractivity contribution < 1.29 is 20.4 Å². The molecule has 0 unspecified atom stereocenters. The molecule has 0 aliphatic heterocycles. The van der Waals surface area contributed by atoms with Crippen LogP contribution < -0.4 is 0 Å². The number of phenols is 2. The molecule has 4 N–H and O–H groups in total. The molecule has 0 radical (unpaired) electrons. The van der Waals surface area contributed by atoms with Crippen LogP contribution in [-0.2, 0) is 12.8 Å². The monoisotopic (exact) mass is 436 g/mol. The lowest BCUT2D eigenvalue weighted by Gasteiger charge is -2.46. The Hall–Kier alpha value is -2.56. The van der Waals surface area contributed by atoms with Gasteiger partial charge in [-0.3, -0.25) is 0 Å². The lowest BCUT2D eigenvalue weighted by Crippen LogP contribution is -2.50. The average molecular weight is 437 g/mol. The Bertz CT molecular complexity index is 987. The van der Waals surface area contributed by atoms with Gasteiger partial charge in [-0.15, -0.1) is 13.2 Å². The number of aliphatic hydroxyl groups excluding tert-OH is 1. The maximum absolute atomic E-state index is 11.5. The number of phenolic OH excluding ortho intramolecular Hbond substituents is 2. The minimum atomic E-state index is -1.23. The van der Waals surface area contributed by atoms with Gasteiger partial charge in [0.05, 0.1) is 11.7 Å². The molecule has 4 atom stereocenters. The standard InChI is InChI=1S/C28H36O4/c1-6-8-18-10-11-24(29)21(14-18)22-15-19(9-7-2)16-23(26(22)30)25-20(17(3)4)12-13-28(5,32)27(25)31/h6-7,10-11,14-17,20,25,27,29-32H,1-2,8-9,12-13H2,3-5H3/t20-,25+,27-,28-/m1/s1. The number of aliphatic hydroxyl groups is 2. The van der Waals surface area contributed by atoms with Gasteiger partial charge in [-0.05, 0) is 73.8 Å². The normalized spacial score (nSPS) is 25.6. The van der Waals surface area contributed by atoms with Crippen molar-refractivity contribution in [1.82, 2.24) is 0 Å². The molecule has 32 heavy (non-hydrogen) atoms. The summed E-state index contributed by atoms with van der Waals surface area (Å²) in [4.78, 5) is 0. The molecule has 0 amide bonds. The first-order valence-electron chi connectivity index (χ1n) is 11.4. The molecule has 0 saturated heterocycles. The smallest absolute Gasteiger partial charge is 0.127 e. The molecule has 172 valence electrons. The zero-order valence-corrected chi connectivity index (χ0v) is 19.4. The lowest BCUT2D eigenvalue weighted by atomic mass is 9.63. The molecule has 0 heterocycles. The summed E-state index contributed by atoms with van der Waals surface area (Å²) in [6.45, 7) is 13.5. The highest BCUT2D eigenvalue weighted by molar-refractivity contribution is 5.78. The summed E-state index contributed by atoms with van der Waals surface area (Å²) >= 11 is 0. The van der Waals surface area contributed by atoms with E-state index in [2.05, 4.69) is 27.0 Å². The second-order valence-corrected chi connectivity index (χ2v) is 9.69. The summed E-state index contributed by atoms with van der Waals surface area (Å²) in [5.74, 6) is 0.0491. The maximum Gasteiger partial charge on any atom is 0.127 e. The first-order valence-corrected chi connectivity index (χ1v) is 11.4. The van der Waals surface area contributed by atoms with Gasteiger partial charge in [0.25, 0.3) is 0 Å². The van der Waals surface area contributed by atoms with E-state index in [0.29, 0.717) is 36.0 Å². The minimum Gasteiger partial charge on any atom is -0.507 e. The first kappa shape index (κ1) is 24.1. The van der Waals surface area contributed by atoms with Gasteiger partial charge in [0.15, 0.2) is 0 Å². The summed E-state index contributed by atoms with van der Waals surface area (Å²) in [5.41, 5.74) is 2.33. The Morgan fingerprint density at radius 2 is 1.66 bits per heavy atom. The quantitative estimate of drug-likeness (QED) is 0.433. The summed E-state index contributed by atoms with van der Waals surface area (Å²) in [5, 5.41) is 44.2. The number of allylic oxidation sites excluding steroid dienone is 2. The molecule has 1 aliphatic carbocycles. The molecule has 1 fully saturated rings. The van der Waals surface area contributed by atoms with Crippen LogP contribution in [0.4, 0.5) is 0 Å². The SMILES string of the molecule is C=CCc1ccc(O)c(-c2cc(CC=C)cc([C@@H]3[C@@H](C(C)C)CC[C@@](C)(O)[C@@H]3O)c2O)c1. The highest BCUT2D eigenvalue weighted by atomic mass is 16.3. The number of hydrogen-bond donors (Lipinski definition) is 4. The summed E-state index contributed by atoms with van der Waals surface area (Å²) in [7, 11) is 0. The van der Waals surface area contributed by atoms with Crippen molar-refractivity contribution in [3.05, 3.63) is 72.3 Å². The highest BCUT2D eigenvalue weighted by Crippen LogP contribution is 2.50. The predicted molar refractivity (Wildman–Crippen MR) is 130 cm³/mol. The van der Waals surface area contributed by atoms with Crippen LogP contribution in [0, 0.1) is 11.8 Å². The molecule has 2 aromatic rings. The Morgan fingerprint density at radius 1 is 1.03 bits per heavy atom. The number of aromatic hydroxyl groups is 2. The van der Waals surface area contributed by atoms with E-state index in [-0.39, 0.29) is 23.3 Å². The van der Waals surface area contributed by atoms with E-state index in [4.69, 9.17) is 0 Å². The van der Waals surface area contributed by atoms with Crippen molar-refractivity contribution in [3.8, 4) is 22.6 Å². The topological polar surface area (TPSA) is 80.9 Å². The number of hydrogen-bond acceptors (Lipinski definition) is 4. The summed E-state index contributed by atoms with van der Waals surface area (Å²) in [6, 6.07) is 9.11. The van der Waals surface area contributed by atoms with Crippen molar-refractivity contribution in [1.29, 1.82) is 0 Å². The van der Waals surface area contributed by atoms with Gasteiger partial charge < -0.3 is 20.4 Å². The van der Waals surface area contributed by atoms with Crippen LogP contribution in [0.1, 0.15) is 56.2 Å². The fourth-order valence-corrected chi connectivity index (χ4v) is 5.11. The molecule has 1 saturated carbocycles. The van der Waals surface area contributed by atoms with Crippen LogP contribution in [0.3, 0.4) is 0 Å². The van der Waals surface area contributed by atoms with Crippen molar-refractivity contribution in [2.24, 2.45) is 11.8 Å². The van der Waals surface area contributed by atoms with E-state index in [0.717, 1.165) is 17.5 Å². The third-order valence-electron chi connectivity index (χ3n) is 6.95. The number of benzene rings is 2. The molecule has 4 heteroatoms. The van der Waals surface area contributed by atoms with E-state index in [9.17, 15) is 20.4 Å². The Kier molecular flexibility index (Phi) is 7.16. The fraction of sp³-hybridized carbons (Fsp3) is 0.429. The number of rotatable bonds is 7. The molecule has 1 aliphatic rings. The van der Waals surface area contributed by atoms with E-state index in [1.807, 2.05) is 24.3 Å². The van der Waals surface area contributed by atoms with Gasteiger partial charge in [0.1, 0.15) is 11.5 Å². The Morgan fingerprint density at radius 3 is 2.28 bits per heavy atom. The largest absolute Gasteiger partial charge is 0.507 e. The van der Waals surface area contributed by atoms with Gasteiger partial charge in [0, 0.05) is 22.6 Å². The van der Waals surface area contributed by atoms with E-state index in [1.165, 1.54) is 0 Å². The second-order valence-electron chi connectivity index (χ2n) is 9.69. The van der Waals surface area contributed by atoms with Crippen LogP contribution in [0.25, 0.3) is 11.1 Å². The molecule has 3 rings (SSSR count). The predicted octanol–water partition coefficient (Wildman–Crippen LogP) is 5.48. The van der Waals surface area contributed by atoms with Crippen LogP contribution in [0.5, 0.6) is 11.5 Å². The summed E-state index contributed by atoms with van der Waals surface area (Å²) in [6.07, 6.45) is 5.07. The average Bonchev–Trinajstić information content (AvgIpc) is 2.73. The second kappa shape index (κ2) is 9.51. The minimum absolute atomic E-state index is 0.0382. The zero-order valence-electron chi connectivity index (χ0n) is 19.4. The fourth-order valence-electron chi connectivity index (χ4n) is 5.11. The molecule has 0 aromatic heterocycles. The van der Waals surface area contributed by atoms with Crippen LogP contribution in [0.15, 0.2) is 55.6 Å². The Balaban J connectivity index is 2.25. The summed E-state index contributed by atoms with van der Waals surface area (Å²) < 4.78 is 0. The maximum atomic E-state index is 11.5. The van der Waals surface area contributed by atoms with Gasteiger partial charge in [0.2, 0.25) is 0 Å². The molecule has 0 spiro atoms. The van der Waals surface area contributed by atoms with E-state index < -0.39 is 17.6 Å². The van der Waals surface area contributed by atoms with E-state index in [1.54, 1.807) is 25.1 Å². The van der Waals surface area contributed by atoms with Crippen molar-refractivity contribution in [2.45, 2.75) is 64.1 Å². The van der Waals surface area contributed by atoms with Gasteiger partial charge in [-0.25, -0.2) is 0 Å². The van der Waals surface area contributed by atoms with Crippen molar-refractivity contribution in [2.75, 3.05) is 0 Å². The highest BCUT2D eigenvalue weighted by Gasteiger charge is 2.47. The molecular weight excluding hydrogens is 400 g/mol.